The molecular formula is C12H14INO. The summed E-state index contributed by atoms with van der Waals surface area (Å²) in [5, 5.41) is 3.06. The minimum Gasteiger partial charge on any atom is -0.349 e. The number of carbonyl (C=O) groups is 1. The van der Waals surface area contributed by atoms with E-state index in [-0.39, 0.29) is 5.91 Å². The zero-order valence-corrected chi connectivity index (χ0v) is 11.0. The maximum Gasteiger partial charge on any atom is 0.252 e. The molecule has 0 heterocycles. The van der Waals surface area contributed by atoms with Crippen molar-refractivity contribution in [3.63, 3.8) is 0 Å². The molecule has 1 aliphatic rings. The fourth-order valence-electron chi connectivity index (χ4n) is 1.68. The summed E-state index contributed by atoms with van der Waals surface area (Å²) >= 11 is 2.21. The van der Waals surface area contributed by atoms with Gasteiger partial charge in [-0.3, -0.25) is 4.79 Å². The Kier molecular flexibility index (Phi) is 3.00. The minimum atomic E-state index is 0.0758. The average molecular weight is 315 g/mol. The zero-order valence-electron chi connectivity index (χ0n) is 8.88. The van der Waals surface area contributed by atoms with Gasteiger partial charge in [-0.15, -0.1) is 0 Å². The second kappa shape index (κ2) is 4.12. The molecule has 1 N–H and O–H groups in total. The SMILES string of the molecule is Cc1cccc(I)c1C(=O)N[C@@H]1C[C@@H]1C. The van der Waals surface area contributed by atoms with Crippen LogP contribution >= 0.6 is 22.6 Å². The first kappa shape index (κ1) is 10.9. The molecule has 1 aromatic carbocycles. The third kappa shape index (κ3) is 2.33. The molecule has 0 spiro atoms. The van der Waals surface area contributed by atoms with E-state index in [1.807, 2.05) is 25.1 Å². The topological polar surface area (TPSA) is 29.1 Å². The van der Waals surface area contributed by atoms with Gasteiger partial charge < -0.3 is 5.32 Å². The average Bonchev–Trinajstić information content (AvgIpc) is 2.81. The van der Waals surface area contributed by atoms with Crippen molar-refractivity contribution < 1.29 is 4.79 Å². The first-order valence-corrected chi connectivity index (χ1v) is 6.23. The first-order chi connectivity index (χ1) is 7.09. The Morgan fingerprint density at radius 3 is 2.73 bits per heavy atom. The maximum absolute atomic E-state index is 12.0. The van der Waals surface area contributed by atoms with Crippen molar-refractivity contribution in [3.8, 4) is 0 Å². The van der Waals surface area contributed by atoms with Gasteiger partial charge in [0.05, 0.1) is 5.56 Å². The van der Waals surface area contributed by atoms with Crippen molar-refractivity contribution >= 4 is 28.5 Å². The third-order valence-electron chi connectivity index (χ3n) is 2.87. The van der Waals surface area contributed by atoms with E-state index in [9.17, 15) is 4.79 Å². The molecular weight excluding hydrogens is 301 g/mol. The van der Waals surface area contributed by atoms with Gasteiger partial charge in [-0.2, -0.15) is 0 Å². The predicted molar refractivity (Wildman–Crippen MR) is 68.9 cm³/mol. The number of carbonyl (C=O) groups excluding carboxylic acids is 1. The van der Waals surface area contributed by atoms with E-state index in [4.69, 9.17) is 0 Å². The van der Waals surface area contributed by atoms with Crippen LogP contribution in [-0.4, -0.2) is 11.9 Å². The number of amides is 1. The van der Waals surface area contributed by atoms with Crippen LogP contribution in [0.4, 0.5) is 0 Å². The van der Waals surface area contributed by atoms with Crippen LogP contribution in [0.1, 0.15) is 29.3 Å². The van der Waals surface area contributed by atoms with E-state index in [0.29, 0.717) is 12.0 Å². The Balaban J connectivity index is 2.17. The second-order valence-corrected chi connectivity index (χ2v) is 5.39. The van der Waals surface area contributed by atoms with E-state index >= 15 is 0 Å². The molecule has 1 amide bonds. The Bertz CT molecular complexity index is 382. The molecule has 0 radical (unpaired) electrons. The van der Waals surface area contributed by atoms with E-state index in [1.54, 1.807) is 0 Å². The lowest BCUT2D eigenvalue weighted by Gasteiger charge is -2.08. The van der Waals surface area contributed by atoms with Crippen LogP contribution in [0, 0.1) is 16.4 Å². The largest absolute Gasteiger partial charge is 0.349 e. The summed E-state index contributed by atoms with van der Waals surface area (Å²) in [6.07, 6.45) is 1.12. The number of aryl methyl sites for hydroxylation is 1. The van der Waals surface area contributed by atoms with Gasteiger partial charge in [0.15, 0.2) is 0 Å². The molecule has 1 saturated carbocycles. The van der Waals surface area contributed by atoms with Gasteiger partial charge >= 0.3 is 0 Å². The highest BCUT2D eigenvalue weighted by Gasteiger charge is 2.34. The van der Waals surface area contributed by atoms with Crippen molar-refractivity contribution in [3.05, 3.63) is 32.9 Å². The molecule has 0 saturated heterocycles. The van der Waals surface area contributed by atoms with Crippen molar-refractivity contribution in [1.29, 1.82) is 0 Å². The molecule has 80 valence electrons. The van der Waals surface area contributed by atoms with Crippen LogP contribution in [0.2, 0.25) is 0 Å². The lowest BCUT2D eigenvalue weighted by molar-refractivity contribution is 0.0948. The van der Waals surface area contributed by atoms with E-state index in [0.717, 1.165) is 21.1 Å². The van der Waals surface area contributed by atoms with Gasteiger partial charge in [-0.05, 0) is 53.5 Å². The summed E-state index contributed by atoms with van der Waals surface area (Å²) in [6.45, 7) is 4.14. The number of nitrogens with one attached hydrogen (secondary N) is 1. The molecule has 1 aliphatic carbocycles. The Hall–Kier alpha value is -0.580. The third-order valence-corrected chi connectivity index (χ3v) is 3.77. The molecule has 0 aromatic heterocycles. The standard InChI is InChI=1S/C12H14INO/c1-7-4-3-5-9(13)11(7)12(15)14-10-6-8(10)2/h3-5,8,10H,6H2,1-2H3,(H,14,15)/t8-,10+/m0/s1. The van der Waals surface area contributed by atoms with Crippen LogP contribution in [0.3, 0.4) is 0 Å². The van der Waals surface area contributed by atoms with Gasteiger partial charge in [-0.1, -0.05) is 19.1 Å². The highest BCUT2D eigenvalue weighted by Crippen LogP contribution is 2.29. The van der Waals surface area contributed by atoms with Crippen molar-refractivity contribution in [2.75, 3.05) is 0 Å². The molecule has 0 unspecified atom stereocenters. The zero-order chi connectivity index (χ0) is 11.0. The number of rotatable bonds is 2. The molecule has 1 fully saturated rings. The molecule has 15 heavy (non-hydrogen) atoms. The van der Waals surface area contributed by atoms with Gasteiger partial charge in [0.25, 0.3) is 5.91 Å². The summed E-state index contributed by atoms with van der Waals surface area (Å²) in [5.74, 6) is 0.725. The van der Waals surface area contributed by atoms with Crippen molar-refractivity contribution in [2.45, 2.75) is 26.3 Å². The van der Waals surface area contributed by atoms with Crippen LogP contribution in [-0.2, 0) is 0 Å². The summed E-state index contributed by atoms with van der Waals surface area (Å²) in [5.41, 5.74) is 1.88. The number of hydrogen-bond acceptors (Lipinski definition) is 1. The van der Waals surface area contributed by atoms with E-state index < -0.39 is 0 Å². The maximum atomic E-state index is 12.0. The van der Waals surface area contributed by atoms with E-state index in [1.165, 1.54) is 0 Å². The van der Waals surface area contributed by atoms with Crippen LogP contribution in [0.25, 0.3) is 0 Å². The Morgan fingerprint density at radius 2 is 2.20 bits per heavy atom. The number of hydrogen-bond donors (Lipinski definition) is 1. The monoisotopic (exact) mass is 315 g/mol. The number of halogens is 1. The van der Waals surface area contributed by atoms with Crippen molar-refractivity contribution in [2.24, 2.45) is 5.92 Å². The van der Waals surface area contributed by atoms with Gasteiger partial charge in [0.2, 0.25) is 0 Å². The molecule has 2 nitrogen and oxygen atoms in total. The lowest BCUT2D eigenvalue weighted by atomic mass is 10.1. The number of benzene rings is 1. The smallest absolute Gasteiger partial charge is 0.252 e. The molecule has 3 heteroatoms. The van der Waals surface area contributed by atoms with Crippen LogP contribution in [0.5, 0.6) is 0 Å². The fraction of sp³-hybridized carbons (Fsp3) is 0.417. The lowest BCUT2D eigenvalue weighted by Crippen LogP contribution is -2.28. The van der Waals surface area contributed by atoms with Crippen LogP contribution < -0.4 is 5.32 Å². The quantitative estimate of drug-likeness (QED) is 0.836. The predicted octanol–water partition coefficient (Wildman–Crippen LogP) is 2.74. The Labute approximate surface area is 104 Å². The van der Waals surface area contributed by atoms with Gasteiger partial charge in [-0.25, -0.2) is 0 Å². The van der Waals surface area contributed by atoms with E-state index in [2.05, 4.69) is 34.8 Å². The van der Waals surface area contributed by atoms with Crippen LogP contribution in [0.15, 0.2) is 18.2 Å². The minimum absolute atomic E-state index is 0.0758. The molecule has 1 aromatic rings. The Morgan fingerprint density at radius 1 is 1.53 bits per heavy atom. The molecule has 0 aliphatic heterocycles. The van der Waals surface area contributed by atoms with Crippen molar-refractivity contribution in [1.82, 2.24) is 5.32 Å². The summed E-state index contributed by atoms with van der Waals surface area (Å²) in [6, 6.07) is 6.33. The molecule has 0 bridgehead atoms. The first-order valence-electron chi connectivity index (χ1n) is 5.15. The normalized spacial score (nSPS) is 23.7. The fourth-order valence-corrected chi connectivity index (χ4v) is 2.56. The summed E-state index contributed by atoms with van der Waals surface area (Å²) < 4.78 is 1.03. The van der Waals surface area contributed by atoms with Gasteiger partial charge in [0.1, 0.15) is 0 Å². The summed E-state index contributed by atoms with van der Waals surface area (Å²) in [7, 11) is 0. The molecule has 2 rings (SSSR count). The molecule has 2 atom stereocenters. The summed E-state index contributed by atoms with van der Waals surface area (Å²) in [4.78, 5) is 12.0. The highest BCUT2D eigenvalue weighted by molar-refractivity contribution is 14.1. The highest BCUT2D eigenvalue weighted by atomic mass is 127. The second-order valence-electron chi connectivity index (χ2n) is 4.22. The van der Waals surface area contributed by atoms with Gasteiger partial charge in [0, 0.05) is 9.61 Å².